The second-order valence-electron chi connectivity index (χ2n) is 4.97. The Hall–Kier alpha value is -2.02. The zero-order valence-corrected chi connectivity index (χ0v) is 11.6. The van der Waals surface area contributed by atoms with E-state index in [0.717, 1.165) is 12.1 Å². The summed E-state index contributed by atoms with van der Waals surface area (Å²) in [6.07, 6.45) is 0.858. The fraction of sp³-hybridized carbons (Fsp3) is 0.188. The highest BCUT2D eigenvalue weighted by molar-refractivity contribution is 6.32. The van der Waals surface area contributed by atoms with Gasteiger partial charge in [0, 0.05) is 11.7 Å². The first-order valence-electron chi connectivity index (χ1n) is 6.49. The van der Waals surface area contributed by atoms with E-state index in [1.807, 2.05) is 18.2 Å². The van der Waals surface area contributed by atoms with Gasteiger partial charge in [-0.15, -0.1) is 0 Å². The van der Waals surface area contributed by atoms with E-state index in [-0.39, 0.29) is 12.1 Å². The van der Waals surface area contributed by atoms with Crippen molar-refractivity contribution in [2.75, 3.05) is 5.32 Å². The predicted octanol–water partition coefficient (Wildman–Crippen LogP) is 3.77. The number of anilines is 1. The number of fused-ring (bicyclic) bond motifs is 1. The molecule has 2 atom stereocenters. The number of nitrogens with zero attached hydrogens (tertiary/aromatic N) is 1. The van der Waals surface area contributed by atoms with Crippen molar-refractivity contribution in [3.05, 3.63) is 64.2 Å². The molecular formula is C16H14ClN3. The summed E-state index contributed by atoms with van der Waals surface area (Å²) in [6, 6.07) is 15.9. The third-order valence-corrected chi connectivity index (χ3v) is 4.00. The Kier molecular flexibility index (Phi) is 3.35. The number of hydrogen-bond donors (Lipinski definition) is 2. The van der Waals surface area contributed by atoms with Crippen LogP contribution in [0.25, 0.3) is 0 Å². The van der Waals surface area contributed by atoms with Crippen molar-refractivity contribution in [2.24, 2.45) is 5.73 Å². The maximum Gasteiger partial charge on any atom is 0.101 e. The summed E-state index contributed by atoms with van der Waals surface area (Å²) in [5.74, 6) is 0. The number of nitrogens with one attached hydrogen (secondary N) is 1. The second-order valence-corrected chi connectivity index (χ2v) is 5.38. The van der Waals surface area contributed by atoms with E-state index in [1.54, 1.807) is 12.1 Å². The van der Waals surface area contributed by atoms with Crippen molar-refractivity contribution in [3.8, 4) is 6.07 Å². The van der Waals surface area contributed by atoms with Gasteiger partial charge in [-0.2, -0.15) is 5.26 Å². The van der Waals surface area contributed by atoms with Crippen LogP contribution in [0, 0.1) is 11.3 Å². The molecule has 100 valence electrons. The Morgan fingerprint density at radius 2 is 1.95 bits per heavy atom. The molecule has 0 bridgehead atoms. The third kappa shape index (κ3) is 2.24. The molecule has 0 fully saturated rings. The fourth-order valence-electron chi connectivity index (χ4n) is 2.71. The second kappa shape index (κ2) is 5.16. The van der Waals surface area contributed by atoms with Crippen molar-refractivity contribution < 1.29 is 0 Å². The lowest BCUT2D eigenvalue weighted by molar-refractivity contribution is 0.648. The molecular weight excluding hydrogens is 270 g/mol. The van der Waals surface area contributed by atoms with Crippen LogP contribution in [0.3, 0.4) is 0 Å². The number of nitrogens with two attached hydrogens (primary N) is 1. The van der Waals surface area contributed by atoms with Crippen LogP contribution >= 0.6 is 11.6 Å². The molecule has 0 saturated carbocycles. The Morgan fingerprint density at radius 3 is 2.65 bits per heavy atom. The van der Waals surface area contributed by atoms with E-state index in [1.165, 1.54) is 11.1 Å². The predicted molar refractivity (Wildman–Crippen MR) is 80.5 cm³/mol. The Bertz CT molecular complexity index is 690. The molecule has 1 aliphatic carbocycles. The standard InChI is InChI=1S/C16H14ClN3/c17-14-7-11(6-5-10(14)9-18)20-16-8-15(19)12-3-1-2-4-13(12)16/h1-7,15-16,20H,8,19H2. The minimum absolute atomic E-state index is 0.0672. The van der Waals surface area contributed by atoms with Gasteiger partial charge in [-0.05, 0) is 35.7 Å². The molecule has 3 nitrogen and oxygen atoms in total. The minimum atomic E-state index is 0.0672. The third-order valence-electron chi connectivity index (χ3n) is 3.69. The molecule has 0 heterocycles. The summed E-state index contributed by atoms with van der Waals surface area (Å²) in [5.41, 5.74) is 9.98. The summed E-state index contributed by atoms with van der Waals surface area (Å²) in [7, 11) is 0. The molecule has 0 spiro atoms. The molecule has 0 amide bonds. The van der Waals surface area contributed by atoms with Crippen LogP contribution in [0.4, 0.5) is 5.69 Å². The van der Waals surface area contributed by atoms with Crippen molar-refractivity contribution in [1.82, 2.24) is 0 Å². The highest BCUT2D eigenvalue weighted by Crippen LogP contribution is 2.39. The van der Waals surface area contributed by atoms with Crippen molar-refractivity contribution in [3.63, 3.8) is 0 Å². The zero-order chi connectivity index (χ0) is 14.1. The zero-order valence-electron chi connectivity index (χ0n) is 10.8. The summed E-state index contributed by atoms with van der Waals surface area (Å²) < 4.78 is 0. The summed E-state index contributed by atoms with van der Waals surface area (Å²) in [6.45, 7) is 0. The van der Waals surface area contributed by atoms with Crippen LogP contribution in [-0.2, 0) is 0 Å². The molecule has 0 aliphatic heterocycles. The maximum absolute atomic E-state index is 8.89. The van der Waals surface area contributed by atoms with E-state index in [4.69, 9.17) is 22.6 Å². The first-order chi connectivity index (χ1) is 9.69. The van der Waals surface area contributed by atoms with E-state index >= 15 is 0 Å². The van der Waals surface area contributed by atoms with Crippen LogP contribution < -0.4 is 11.1 Å². The maximum atomic E-state index is 8.89. The molecule has 0 aromatic heterocycles. The topological polar surface area (TPSA) is 61.8 Å². The molecule has 20 heavy (non-hydrogen) atoms. The molecule has 3 rings (SSSR count). The van der Waals surface area contributed by atoms with E-state index < -0.39 is 0 Å². The Labute approximate surface area is 123 Å². The number of nitriles is 1. The first-order valence-corrected chi connectivity index (χ1v) is 6.87. The Morgan fingerprint density at radius 1 is 1.20 bits per heavy atom. The SMILES string of the molecule is N#Cc1ccc(NC2CC(N)c3ccccc32)cc1Cl. The van der Waals surface area contributed by atoms with Gasteiger partial charge in [0.2, 0.25) is 0 Å². The average Bonchev–Trinajstić information content (AvgIpc) is 2.76. The van der Waals surface area contributed by atoms with Crippen molar-refractivity contribution >= 4 is 17.3 Å². The van der Waals surface area contributed by atoms with Crippen LogP contribution in [0.5, 0.6) is 0 Å². The van der Waals surface area contributed by atoms with Crippen molar-refractivity contribution in [2.45, 2.75) is 18.5 Å². The first kappa shape index (κ1) is 13.0. The quantitative estimate of drug-likeness (QED) is 0.882. The molecule has 2 aromatic rings. The van der Waals surface area contributed by atoms with Gasteiger partial charge >= 0.3 is 0 Å². The number of hydrogen-bond acceptors (Lipinski definition) is 3. The number of rotatable bonds is 2. The summed E-state index contributed by atoms with van der Waals surface area (Å²) in [5, 5.41) is 12.8. The molecule has 3 N–H and O–H groups in total. The molecule has 0 radical (unpaired) electrons. The lowest BCUT2D eigenvalue weighted by Crippen LogP contribution is -2.10. The van der Waals surface area contributed by atoms with Gasteiger partial charge in [0.05, 0.1) is 16.6 Å². The average molecular weight is 284 g/mol. The molecule has 2 aromatic carbocycles. The van der Waals surface area contributed by atoms with E-state index in [0.29, 0.717) is 10.6 Å². The minimum Gasteiger partial charge on any atom is -0.378 e. The van der Waals surface area contributed by atoms with Gasteiger partial charge in [-0.3, -0.25) is 0 Å². The Balaban J connectivity index is 1.87. The van der Waals surface area contributed by atoms with Gasteiger partial charge < -0.3 is 11.1 Å². The summed E-state index contributed by atoms with van der Waals surface area (Å²) >= 11 is 6.06. The normalized spacial score (nSPS) is 20.2. The van der Waals surface area contributed by atoms with Crippen LogP contribution in [-0.4, -0.2) is 0 Å². The van der Waals surface area contributed by atoms with Gasteiger partial charge in [-0.1, -0.05) is 35.9 Å². The van der Waals surface area contributed by atoms with Crippen LogP contribution in [0.1, 0.15) is 35.2 Å². The van der Waals surface area contributed by atoms with Gasteiger partial charge in [0.25, 0.3) is 0 Å². The van der Waals surface area contributed by atoms with Gasteiger partial charge in [-0.25, -0.2) is 0 Å². The largest absolute Gasteiger partial charge is 0.378 e. The molecule has 4 heteroatoms. The van der Waals surface area contributed by atoms with E-state index in [9.17, 15) is 0 Å². The van der Waals surface area contributed by atoms with E-state index in [2.05, 4.69) is 23.5 Å². The lowest BCUT2D eigenvalue weighted by Gasteiger charge is -2.16. The smallest absolute Gasteiger partial charge is 0.101 e. The van der Waals surface area contributed by atoms with Gasteiger partial charge in [0.1, 0.15) is 6.07 Å². The number of halogens is 1. The molecule has 2 unspecified atom stereocenters. The van der Waals surface area contributed by atoms with Gasteiger partial charge in [0.15, 0.2) is 0 Å². The highest BCUT2D eigenvalue weighted by Gasteiger charge is 2.27. The fourth-order valence-corrected chi connectivity index (χ4v) is 2.93. The van der Waals surface area contributed by atoms with Crippen LogP contribution in [0.15, 0.2) is 42.5 Å². The number of benzene rings is 2. The lowest BCUT2D eigenvalue weighted by atomic mass is 10.1. The summed E-state index contributed by atoms with van der Waals surface area (Å²) in [4.78, 5) is 0. The highest BCUT2D eigenvalue weighted by atomic mass is 35.5. The van der Waals surface area contributed by atoms with Crippen molar-refractivity contribution in [1.29, 1.82) is 5.26 Å². The monoisotopic (exact) mass is 283 g/mol. The molecule has 0 saturated heterocycles. The molecule has 1 aliphatic rings. The van der Waals surface area contributed by atoms with Crippen LogP contribution in [0.2, 0.25) is 5.02 Å².